The van der Waals surface area contributed by atoms with E-state index in [1.165, 1.54) is 0 Å². The van der Waals surface area contributed by atoms with E-state index >= 15 is 0 Å². The number of rotatable bonds is 4. The zero-order valence-electron chi connectivity index (χ0n) is 11.6. The SMILES string of the molecule is CCCn1cc(C2(O)CCCN(CC)CC2)cn1. The van der Waals surface area contributed by atoms with Gasteiger partial charge in [0.15, 0.2) is 0 Å². The summed E-state index contributed by atoms with van der Waals surface area (Å²) in [6, 6.07) is 0. The monoisotopic (exact) mass is 251 g/mol. The summed E-state index contributed by atoms with van der Waals surface area (Å²) >= 11 is 0. The topological polar surface area (TPSA) is 41.3 Å². The first-order valence-corrected chi connectivity index (χ1v) is 7.15. The lowest BCUT2D eigenvalue weighted by Crippen LogP contribution is -2.28. The third-order valence-electron chi connectivity index (χ3n) is 3.98. The number of aryl methyl sites for hydroxylation is 1. The minimum Gasteiger partial charge on any atom is -0.385 e. The highest BCUT2D eigenvalue weighted by atomic mass is 16.3. The predicted molar refractivity (Wildman–Crippen MR) is 72.4 cm³/mol. The quantitative estimate of drug-likeness (QED) is 0.889. The molecule has 0 bridgehead atoms. The first-order valence-electron chi connectivity index (χ1n) is 7.15. The van der Waals surface area contributed by atoms with Crippen molar-refractivity contribution in [3.05, 3.63) is 18.0 Å². The van der Waals surface area contributed by atoms with Gasteiger partial charge in [-0.2, -0.15) is 5.10 Å². The molecule has 1 aliphatic heterocycles. The summed E-state index contributed by atoms with van der Waals surface area (Å²) in [6.45, 7) is 8.40. The molecule has 1 N–H and O–H groups in total. The summed E-state index contributed by atoms with van der Waals surface area (Å²) in [5, 5.41) is 15.2. The molecule has 1 unspecified atom stereocenters. The van der Waals surface area contributed by atoms with Gasteiger partial charge < -0.3 is 10.0 Å². The Hall–Kier alpha value is -0.870. The second-order valence-electron chi connectivity index (χ2n) is 5.31. The Bertz CT molecular complexity index is 377. The summed E-state index contributed by atoms with van der Waals surface area (Å²) in [7, 11) is 0. The van der Waals surface area contributed by atoms with Gasteiger partial charge in [0.2, 0.25) is 0 Å². The van der Waals surface area contributed by atoms with Crippen molar-refractivity contribution in [3.8, 4) is 0 Å². The minimum atomic E-state index is -0.671. The van der Waals surface area contributed by atoms with E-state index in [2.05, 4.69) is 23.8 Å². The molecule has 0 amide bonds. The third kappa shape index (κ3) is 2.93. The van der Waals surface area contributed by atoms with Gasteiger partial charge in [0, 0.05) is 24.8 Å². The molecule has 4 heteroatoms. The summed E-state index contributed by atoms with van der Waals surface area (Å²) < 4.78 is 1.94. The van der Waals surface area contributed by atoms with Crippen LogP contribution in [0.2, 0.25) is 0 Å². The van der Waals surface area contributed by atoms with Crippen molar-refractivity contribution in [1.82, 2.24) is 14.7 Å². The zero-order valence-corrected chi connectivity index (χ0v) is 11.6. The van der Waals surface area contributed by atoms with Gasteiger partial charge in [-0.3, -0.25) is 4.68 Å². The first-order chi connectivity index (χ1) is 8.68. The van der Waals surface area contributed by atoms with E-state index in [0.717, 1.165) is 57.4 Å². The van der Waals surface area contributed by atoms with Crippen LogP contribution in [0.3, 0.4) is 0 Å². The van der Waals surface area contributed by atoms with Crippen molar-refractivity contribution in [2.45, 2.75) is 51.7 Å². The van der Waals surface area contributed by atoms with Crippen LogP contribution in [0.25, 0.3) is 0 Å². The number of aliphatic hydroxyl groups is 1. The van der Waals surface area contributed by atoms with Gasteiger partial charge in [0.05, 0.1) is 11.8 Å². The van der Waals surface area contributed by atoms with Crippen molar-refractivity contribution >= 4 is 0 Å². The molecule has 0 aliphatic carbocycles. The van der Waals surface area contributed by atoms with Crippen molar-refractivity contribution in [1.29, 1.82) is 0 Å². The summed E-state index contributed by atoms with van der Waals surface area (Å²) in [4.78, 5) is 2.41. The highest BCUT2D eigenvalue weighted by Crippen LogP contribution is 2.32. The Kier molecular flexibility index (Phi) is 4.40. The van der Waals surface area contributed by atoms with Crippen LogP contribution in [0, 0.1) is 0 Å². The highest BCUT2D eigenvalue weighted by molar-refractivity contribution is 5.15. The normalized spacial score (nSPS) is 26.2. The molecule has 102 valence electrons. The molecule has 1 fully saturated rings. The second-order valence-corrected chi connectivity index (χ2v) is 5.31. The Labute approximate surface area is 110 Å². The number of hydrogen-bond donors (Lipinski definition) is 1. The van der Waals surface area contributed by atoms with E-state index in [1.54, 1.807) is 0 Å². The molecule has 0 saturated carbocycles. The lowest BCUT2D eigenvalue weighted by atomic mass is 9.89. The molecular weight excluding hydrogens is 226 g/mol. The molecule has 1 aromatic rings. The Morgan fingerprint density at radius 3 is 2.89 bits per heavy atom. The van der Waals surface area contributed by atoms with Gasteiger partial charge in [0.25, 0.3) is 0 Å². The molecule has 18 heavy (non-hydrogen) atoms. The van der Waals surface area contributed by atoms with Crippen LogP contribution in [0.15, 0.2) is 12.4 Å². The molecule has 2 rings (SSSR count). The average Bonchev–Trinajstić information content (AvgIpc) is 2.75. The lowest BCUT2D eigenvalue weighted by molar-refractivity contribution is 0.0213. The number of hydrogen-bond acceptors (Lipinski definition) is 3. The molecule has 1 aliphatic rings. The van der Waals surface area contributed by atoms with Gasteiger partial charge in [-0.1, -0.05) is 13.8 Å². The Morgan fingerprint density at radius 1 is 1.33 bits per heavy atom. The fourth-order valence-electron chi connectivity index (χ4n) is 2.74. The zero-order chi connectivity index (χ0) is 13.0. The van der Waals surface area contributed by atoms with Gasteiger partial charge in [0.1, 0.15) is 0 Å². The van der Waals surface area contributed by atoms with Gasteiger partial charge in [-0.25, -0.2) is 0 Å². The molecule has 0 aromatic carbocycles. The molecule has 0 radical (unpaired) electrons. The van der Waals surface area contributed by atoms with Gasteiger partial charge in [-0.15, -0.1) is 0 Å². The lowest BCUT2D eigenvalue weighted by Gasteiger charge is -2.25. The number of aromatic nitrogens is 2. The van der Waals surface area contributed by atoms with E-state index in [0.29, 0.717) is 0 Å². The average molecular weight is 251 g/mol. The summed E-state index contributed by atoms with van der Waals surface area (Å²) in [5.41, 5.74) is 0.324. The van der Waals surface area contributed by atoms with Crippen LogP contribution in [0.1, 0.15) is 45.1 Å². The van der Waals surface area contributed by atoms with Crippen molar-refractivity contribution in [3.63, 3.8) is 0 Å². The maximum atomic E-state index is 10.8. The van der Waals surface area contributed by atoms with E-state index in [9.17, 15) is 5.11 Å². The third-order valence-corrected chi connectivity index (χ3v) is 3.98. The smallest absolute Gasteiger partial charge is 0.0939 e. The summed E-state index contributed by atoms with van der Waals surface area (Å²) in [6.07, 6.45) is 7.66. The number of nitrogens with zero attached hydrogens (tertiary/aromatic N) is 3. The van der Waals surface area contributed by atoms with Gasteiger partial charge in [-0.05, 0) is 38.8 Å². The van der Waals surface area contributed by atoms with Gasteiger partial charge >= 0.3 is 0 Å². The highest BCUT2D eigenvalue weighted by Gasteiger charge is 2.32. The number of likely N-dealkylation sites (tertiary alicyclic amines) is 1. The van der Waals surface area contributed by atoms with Crippen molar-refractivity contribution in [2.75, 3.05) is 19.6 Å². The van der Waals surface area contributed by atoms with Crippen LogP contribution in [-0.4, -0.2) is 39.4 Å². The fourth-order valence-corrected chi connectivity index (χ4v) is 2.74. The molecular formula is C14H25N3O. The standard InChI is InChI=1S/C14H25N3O/c1-3-8-17-12-13(11-15-17)14(18)6-5-9-16(4-2)10-7-14/h11-12,18H,3-10H2,1-2H3. The second kappa shape index (κ2) is 5.85. The van der Waals surface area contributed by atoms with E-state index < -0.39 is 5.60 Å². The van der Waals surface area contributed by atoms with Crippen LogP contribution in [-0.2, 0) is 12.1 Å². The fraction of sp³-hybridized carbons (Fsp3) is 0.786. The molecule has 4 nitrogen and oxygen atoms in total. The Morgan fingerprint density at radius 2 is 2.17 bits per heavy atom. The van der Waals surface area contributed by atoms with E-state index in [4.69, 9.17) is 0 Å². The molecule has 2 heterocycles. The van der Waals surface area contributed by atoms with Crippen LogP contribution < -0.4 is 0 Å². The maximum Gasteiger partial charge on any atom is 0.0939 e. The van der Waals surface area contributed by atoms with Crippen LogP contribution >= 0.6 is 0 Å². The Balaban J connectivity index is 2.09. The van der Waals surface area contributed by atoms with E-state index in [-0.39, 0.29) is 0 Å². The molecule has 0 spiro atoms. The van der Waals surface area contributed by atoms with E-state index in [1.807, 2.05) is 17.1 Å². The maximum absolute atomic E-state index is 10.8. The molecule has 1 aromatic heterocycles. The van der Waals surface area contributed by atoms with Crippen LogP contribution in [0.4, 0.5) is 0 Å². The molecule has 1 atom stereocenters. The summed E-state index contributed by atoms with van der Waals surface area (Å²) in [5.74, 6) is 0. The van der Waals surface area contributed by atoms with Crippen molar-refractivity contribution in [2.24, 2.45) is 0 Å². The van der Waals surface area contributed by atoms with Crippen molar-refractivity contribution < 1.29 is 5.11 Å². The first kappa shape index (κ1) is 13.6. The van der Waals surface area contributed by atoms with Crippen LogP contribution in [0.5, 0.6) is 0 Å². The minimum absolute atomic E-state index is 0.671. The molecule has 1 saturated heterocycles. The predicted octanol–water partition coefficient (Wildman–Crippen LogP) is 1.99. The largest absolute Gasteiger partial charge is 0.385 e.